The van der Waals surface area contributed by atoms with E-state index in [9.17, 15) is 9.59 Å². The Morgan fingerprint density at radius 3 is 2.43 bits per heavy atom. The Bertz CT molecular complexity index is 674. The van der Waals surface area contributed by atoms with Crippen molar-refractivity contribution in [3.8, 4) is 0 Å². The Hall–Kier alpha value is -2.14. The molecule has 1 N–H and O–H groups in total. The van der Waals surface area contributed by atoms with Gasteiger partial charge in [-0.3, -0.25) is 14.5 Å². The molecule has 1 aromatic rings. The van der Waals surface area contributed by atoms with Crippen LogP contribution in [0.1, 0.15) is 44.6 Å². The van der Waals surface area contributed by atoms with Crippen LogP contribution < -0.4 is 5.32 Å². The van der Waals surface area contributed by atoms with Crippen LogP contribution in [0, 0.1) is 5.41 Å². The molecule has 2 fully saturated rings. The van der Waals surface area contributed by atoms with Crippen molar-refractivity contribution in [2.45, 2.75) is 39.0 Å². The van der Waals surface area contributed by atoms with Gasteiger partial charge in [0.1, 0.15) is 5.41 Å². The molecular formula is C23H33N3O2. The van der Waals surface area contributed by atoms with Gasteiger partial charge in [0.15, 0.2) is 0 Å². The molecule has 2 aliphatic rings. The van der Waals surface area contributed by atoms with Crippen molar-refractivity contribution in [2.24, 2.45) is 5.41 Å². The smallest absolute Gasteiger partial charge is 0.238 e. The van der Waals surface area contributed by atoms with E-state index >= 15 is 0 Å². The predicted molar refractivity (Wildman–Crippen MR) is 113 cm³/mol. The van der Waals surface area contributed by atoms with Crippen molar-refractivity contribution >= 4 is 17.9 Å². The fourth-order valence-corrected chi connectivity index (χ4v) is 3.75. The van der Waals surface area contributed by atoms with Crippen LogP contribution in [0.5, 0.6) is 0 Å². The molecule has 1 aliphatic heterocycles. The van der Waals surface area contributed by atoms with Crippen LogP contribution in [0.3, 0.4) is 0 Å². The topological polar surface area (TPSA) is 52.7 Å². The van der Waals surface area contributed by atoms with E-state index < -0.39 is 5.41 Å². The highest BCUT2D eigenvalue weighted by molar-refractivity contribution is 6.07. The number of hydrogen-bond donors (Lipinski definition) is 1. The van der Waals surface area contributed by atoms with E-state index in [1.165, 1.54) is 5.56 Å². The summed E-state index contributed by atoms with van der Waals surface area (Å²) in [5.74, 6) is -0.0122. The van der Waals surface area contributed by atoms with Crippen LogP contribution in [0.15, 0.2) is 36.4 Å². The third kappa shape index (κ3) is 5.22. The average Bonchev–Trinajstić information content (AvgIpc) is 3.54. The summed E-state index contributed by atoms with van der Waals surface area (Å²) in [5.41, 5.74) is 0.443. The summed E-state index contributed by atoms with van der Waals surface area (Å²) >= 11 is 0. The second-order valence-electron chi connectivity index (χ2n) is 7.95. The number of carbonyl (C=O) groups excluding carboxylic acids is 2. The molecule has 0 aromatic heterocycles. The van der Waals surface area contributed by atoms with Gasteiger partial charge in [-0.05, 0) is 24.8 Å². The van der Waals surface area contributed by atoms with Crippen LogP contribution in [-0.4, -0.2) is 60.9 Å². The van der Waals surface area contributed by atoms with Crippen LogP contribution in [-0.2, 0) is 9.59 Å². The summed E-state index contributed by atoms with van der Waals surface area (Å²) < 4.78 is 0. The van der Waals surface area contributed by atoms with Gasteiger partial charge >= 0.3 is 0 Å². The monoisotopic (exact) mass is 383 g/mol. The number of unbranched alkanes of at least 4 members (excludes halogenated alkanes) is 2. The van der Waals surface area contributed by atoms with Crippen molar-refractivity contribution in [1.82, 2.24) is 15.1 Å². The van der Waals surface area contributed by atoms with Gasteiger partial charge in [-0.1, -0.05) is 62.2 Å². The maximum atomic E-state index is 13.0. The van der Waals surface area contributed by atoms with Gasteiger partial charge in [-0.2, -0.15) is 0 Å². The molecule has 1 aliphatic carbocycles. The molecule has 5 nitrogen and oxygen atoms in total. The highest BCUT2D eigenvalue weighted by atomic mass is 16.2. The molecule has 0 unspecified atom stereocenters. The molecule has 3 rings (SSSR count). The highest BCUT2D eigenvalue weighted by Gasteiger charge is 2.57. The lowest BCUT2D eigenvalue weighted by molar-refractivity contribution is -0.145. The quantitative estimate of drug-likeness (QED) is 0.527. The van der Waals surface area contributed by atoms with Crippen molar-refractivity contribution in [3.05, 3.63) is 42.0 Å². The third-order valence-corrected chi connectivity index (χ3v) is 5.79. The summed E-state index contributed by atoms with van der Waals surface area (Å²) in [5, 5.41) is 2.99. The summed E-state index contributed by atoms with van der Waals surface area (Å²) in [7, 11) is 0. The average molecular weight is 384 g/mol. The molecule has 2 amide bonds. The lowest BCUT2D eigenvalue weighted by Crippen LogP contribution is -2.53. The standard InChI is InChI=1S/C23H33N3O2/c1-2-3-7-14-24-21(27)23(12-13-23)22(28)26-18-16-25(17-19-26)15-8-11-20-9-5-4-6-10-20/h4-6,8-11H,2-3,7,12-19H2,1H3,(H,24,27)/b11-8+. The van der Waals surface area contributed by atoms with Gasteiger partial charge in [0, 0.05) is 39.3 Å². The molecule has 5 heteroatoms. The number of piperazine rings is 1. The first-order chi connectivity index (χ1) is 13.7. The lowest BCUT2D eigenvalue weighted by atomic mass is 10.0. The van der Waals surface area contributed by atoms with Gasteiger partial charge < -0.3 is 10.2 Å². The molecule has 1 heterocycles. The first kappa shape index (κ1) is 20.6. The second kappa shape index (κ2) is 9.87. The van der Waals surface area contributed by atoms with Gasteiger partial charge in [0.25, 0.3) is 0 Å². The zero-order valence-electron chi connectivity index (χ0n) is 17.0. The minimum atomic E-state index is -0.762. The van der Waals surface area contributed by atoms with Crippen molar-refractivity contribution < 1.29 is 9.59 Å². The van der Waals surface area contributed by atoms with Gasteiger partial charge in [-0.15, -0.1) is 0 Å². The van der Waals surface area contributed by atoms with E-state index in [1.807, 2.05) is 23.1 Å². The van der Waals surface area contributed by atoms with Crippen molar-refractivity contribution in [2.75, 3.05) is 39.3 Å². The van der Waals surface area contributed by atoms with E-state index in [4.69, 9.17) is 0 Å². The number of rotatable bonds is 9. The summed E-state index contributed by atoms with van der Waals surface area (Å²) in [6.07, 6.45) is 8.95. The number of benzene rings is 1. The minimum Gasteiger partial charge on any atom is -0.355 e. The largest absolute Gasteiger partial charge is 0.355 e. The molecular weight excluding hydrogens is 350 g/mol. The Morgan fingerprint density at radius 1 is 1.07 bits per heavy atom. The van der Waals surface area contributed by atoms with E-state index in [1.54, 1.807) is 0 Å². The molecule has 1 saturated carbocycles. The van der Waals surface area contributed by atoms with Crippen molar-refractivity contribution in [1.29, 1.82) is 0 Å². The molecule has 1 saturated heterocycles. The minimum absolute atomic E-state index is 0.0416. The first-order valence-corrected chi connectivity index (χ1v) is 10.7. The maximum absolute atomic E-state index is 13.0. The van der Waals surface area contributed by atoms with Gasteiger partial charge in [-0.25, -0.2) is 0 Å². The highest BCUT2D eigenvalue weighted by Crippen LogP contribution is 2.47. The number of amides is 2. The Kier molecular flexibility index (Phi) is 7.26. The Morgan fingerprint density at radius 2 is 1.79 bits per heavy atom. The first-order valence-electron chi connectivity index (χ1n) is 10.7. The number of nitrogens with zero attached hydrogens (tertiary/aromatic N) is 2. The molecule has 0 bridgehead atoms. The van der Waals surface area contributed by atoms with Gasteiger partial charge in [0.2, 0.25) is 11.8 Å². The van der Waals surface area contributed by atoms with Crippen LogP contribution in [0.25, 0.3) is 6.08 Å². The normalized spacial score (nSPS) is 19.0. The zero-order chi connectivity index (χ0) is 19.8. The molecule has 152 valence electrons. The van der Waals surface area contributed by atoms with Crippen molar-refractivity contribution in [3.63, 3.8) is 0 Å². The van der Waals surface area contributed by atoms with Crippen LogP contribution in [0.4, 0.5) is 0 Å². The van der Waals surface area contributed by atoms with Crippen LogP contribution in [0.2, 0.25) is 0 Å². The molecule has 28 heavy (non-hydrogen) atoms. The fraction of sp³-hybridized carbons (Fsp3) is 0.565. The third-order valence-electron chi connectivity index (χ3n) is 5.79. The summed E-state index contributed by atoms with van der Waals surface area (Å²) in [6.45, 7) is 6.86. The number of carbonyl (C=O) groups is 2. The Balaban J connectivity index is 1.42. The SMILES string of the molecule is CCCCCNC(=O)C1(C(=O)N2CCN(C/C=C/c3ccccc3)CC2)CC1. The second-order valence-corrected chi connectivity index (χ2v) is 7.95. The molecule has 1 aromatic carbocycles. The zero-order valence-corrected chi connectivity index (χ0v) is 17.0. The number of hydrogen-bond acceptors (Lipinski definition) is 3. The van der Waals surface area contributed by atoms with E-state index in [-0.39, 0.29) is 11.8 Å². The molecule has 0 radical (unpaired) electrons. The molecule has 0 spiro atoms. The van der Waals surface area contributed by atoms with E-state index in [0.717, 1.165) is 38.9 Å². The summed E-state index contributed by atoms with van der Waals surface area (Å²) in [6, 6.07) is 10.3. The maximum Gasteiger partial charge on any atom is 0.238 e. The van der Waals surface area contributed by atoms with Crippen LogP contribution >= 0.6 is 0 Å². The van der Waals surface area contributed by atoms with E-state index in [0.29, 0.717) is 32.5 Å². The Labute approximate surface area is 168 Å². The molecule has 0 atom stereocenters. The number of nitrogens with one attached hydrogen (secondary N) is 1. The van der Waals surface area contributed by atoms with Gasteiger partial charge in [0.05, 0.1) is 0 Å². The predicted octanol–water partition coefficient (Wildman–Crippen LogP) is 2.93. The van der Waals surface area contributed by atoms with E-state index in [2.05, 4.69) is 41.4 Å². The lowest BCUT2D eigenvalue weighted by Gasteiger charge is -2.36. The fourth-order valence-electron chi connectivity index (χ4n) is 3.75. The summed E-state index contributed by atoms with van der Waals surface area (Å²) in [4.78, 5) is 29.7.